The number of fused-ring (bicyclic) bond motifs is 1. The molecule has 0 atom stereocenters. The molecule has 0 saturated heterocycles. The zero-order valence-corrected chi connectivity index (χ0v) is 20.0. The van der Waals surface area contributed by atoms with Crippen LogP contribution in [-0.4, -0.2) is 31.2 Å². The first-order chi connectivity index (χ1) is 16.5. The number of para-hydroxylation sites is 1. The molecular formula is C27H28ClN3O3. The van der Waals surface area contributed by atoms with Crippen molar-refractivity contribution >= 4 is 34.1 Å². The van der Waals surface area contributed by atoms with Crippen LogP contribution in [0.4, 0.5) is 5.69 Å². The number of aromatic nitrogens is 1. The van der Waals surface area contributed by atoms with Crippen LogP contribution >= 0.6 is 11.6 Å². The molecule has 0 bridgehead atoms. The molecule has 3 aromatic carbocycles. The standard InChI is InChI=1S/C27H28ClN3O3/c1-18-7-9-21(10-8-18)31-27(32)17-34-26-14-23(28)20(13-25(26)33-2)15-29-12-11-19-16-30-24-6-4-3-5-22(19)24/h3-10,13-14,16,29-30H,11-12,15,17H2,1-2H3,(H,31,32). The summed E-state index contributed by atoms with van der Waals surface area (Å²) in [5.74, 6) is 0.695. The minimum absolute atomic E-state index is 0.150. The molecule has 0 aliphatic rings. The second kappa shape index (κ2) is 11.1. The lowest BCUT2D eigenvalue weighted by molar-refractivity contribution is -0.118. The molecule has 1 aromatic heterocycles. The van der Waals surface area contributed by atoms with Gasteiger partial charge in [-0.1, -0.05) is 47.5 Å². The van der Waals surface area contributed by atoms with Crippen LogP contribution in [0.25, 0.3) is 10.9 Å². The van der Waals surface area contributed by atoms with E-state index in [0.29, 0.717) is 23.1 Å². The molecule has 4 aromatic rings. The minimum atomic E-state index is -0.259. The summed E-state index contributed by atoms with van der Waals surface area (Å²) in [6.45, 7) is 3.24. The van der Waals surface area contributed by atoms with Crippen molar-refractivity contribution in [3.63, 3.8) is 0 Å². The number of methoxy groups -OCH3 is 1. The minimum Gasteiger partial charge on any atom is -0.493 e. The molecule has 0 spiro atoms. The van der Waals surface area contributed by atoms with Crippen LogP contribution in [0.2, 0.25) is 5.02 Å². The Hall–Kier alpha value is -3.48. The highest BCUT2D eigenvalue weighted by Gasteiger charge is 2.13. The first-order valence-electron chi connectivity index (χ1n) is 11.1. The Morgan fingerprint density at radius 2 is 1.82 bits per heavy atom. The first-order valence-corrected chi connectivity index (χ1v) is 11.5. The van der Waals surface area contributed by atoms with Gasteiger partial charge < -0.3 is 25.1 Å². The summed E-state index contributed by atoms with van der Waals surface area (Å²) in [5.41, 5.74) is 5.17. The molecule has 0 fully saturated rings. The molecule has 0 aliphatic carbocycles. The number of halogens is 1. The number of carbonyl (C=O) groups excluding carboxylic acids is 1. The Balaban J connectivity index is 1.31. The molecule has 3 N–H and O–H groups in total. The van der Waals surface area contributed by atoms with E-state index in [1.165, 1.54) is 10.9 Å². The lowest BCUT2D eigenvalue weighted by atomic mass is 10.1. The zero-order chi connectivity index (χ0) is 23.9. The van der Waals surface area contributed by atoms with Crippen LogP contribution in [0.1, 0.15) is 16.7 Å². The molecule has 6 nitrogen and oxygen atoms in total. The van der Waals surface area contributed by atoms with Gasteiger partial charge >= 0.3 is 0 Å². The van der Waals surface area contributed by atoms with Crippen molar-refractivity contribution in [2.45, 2.75) is 19.9 Å². The number of anilines is 1. The van der Waals surface area contributed by atoms with E-state index in [9.17, 15) is 4.79 Å². The van der Waals surface area contributed by atoms with Crippen LogP contribution in [-0.2, 0) is 17.8 Å². The Morgan fingerprint density at radius 3 is 2.62 bits per heavy atom. The van der Waals surface area contributed by atoms with Crippen LogP contribution in [0, 0.1) is 6.92 Å². The fraction of sp³-hybridized carbons (Fsp3) is 0.222. The number of carbonyl (C=O) groups is 1. The Morgan fingerprint density at radius 1 is 1.03 bits per heavy atom. The van der Waals surface area contributed by atoms with E-state index in [0.717, 1.165) is 35.3 Å². The molecule has 34 heavy (non-hydrogen) atoms. The van der Waals surface area contributed by atoms with Crippen molar-refractivity contribution in [3.8, 4) is 11.5 Å². The van der Waals surface area contributed by atoms with Gasteiger partial charge in [0.05, 0.1) is 7.11 Å². The maximum atomic E-state index is 12.3. The van der Waals surface area contributed by atoms with Gasteiger partial charge in [0, 0.05) is 40.4 Å². The predicted octanol–water partition coefficient (Wildman–Crippen LogP) is 5.49. The zero-order valence-electron chi connectivity index (χ0n) is 19.3. The molecule has 4 rings (SSSR count). The van der Waals surface area contributed by atoms with E-state index in [1.807, 2.05) is 43.3 Å². The van der Waals surface area contributed by atoms with Crippen molar-refractivity contribution in [1.29, 1.82) is 0 Å². The third kappa shape index (κ3) is 5.90. The van der Waals surface area contributed by atoms with Gasteiger partial charge in [-0.05, 0) is 55.3 Å². The van der Waals surface area contributed by atoms with Crippen LogP contribution < -0.4 is 20.1 Å². The average Bonchev–Trinajstić information content (AvgIpc) is 3.26. The van der Waals surface area contributed by atoms with Gasteiger partial charge in [-0.25, -0.2) is 0 Å². The SMILES string of the molecule is COc1cc(CNCCc2c[nH]c3ccccc23)c(Cl)cc1OCC(=O)Nc1ccc(C)cc1. The number of rotatable bonds is 10. The number of benzene rings is 3. The molecule has 1 heterocycles. The summed E-state index contributed by atoms with van der Waals surface area (Å²) in [6, 6.07) is 19.4. The number of hydrogen-bond donors (Lipinski definition) is 3. The number of amides is 1. The summed E-state index contributed by atoms with van der Waals surface area (Å²) >= 11 is 6.49. The molecular weight excluding hydrogens is 450 g/mol. The van der Waals surface area contributed by atoms with Crippen LogP contribution in [0.3, 0.4) is 0 Å². The number of nitrogens with one attached hydrogen (secondary N) is 3. The van der Waals surface area contributed by atoms with Gasteiger partial charge in [-0.15, -0.1) is 0 Å². The summed E-state index contributed by atoms with van der Waals surface area (Å²) in [4.78, 5) is 15.6. The van der Waals surface area contributed by atoms with Gasteiger partial charge in [-0.3, -0.25) is 4.79 Å². The summed E-state index contributed by atoms with van der Waals surface area (Å²) < 4.78 is 11.2. The third-order valence-corrected chi connectivity index (χ3v) is 5.94. The smallest absolute Gasteiger partial charge is 0.262 e. The highest BCUT2D eigenvalue weighted by molar-refractivity contribution is 6.31. The second-order valence-corrected chi connectivity index (χ2v) is 8.49. The summed E-state index contributed by atoms with van der Waals surface area (Å²) in [5, 5.41) is 8.05. The molecule has 1 amide bonds. The largest absolute Gasteiger partial charge is 0.493 e. The lowest BCUT2D eigenvalue weighted by Gasteiger charge is -2.14. The van der Waals surface area contributed by atoms with Gasteiger partial charge in [-0.2, -0.15) is 0 Å². The maximum Gasteiger partial charge on any atom is 0.262 e. The second-order valence-electron chi connectivity index (χ2n) is 8.08. The van der Waals surface area contributed by atoms with Crippen LogP contribution in [0.15, 0.2) is 66.9 Å². The number of aryl methyl sites for hydroxylation is 1. The molecule has 0 unspecified atom stereocenters. The van der Waals surface area contributed by atoms with Gasteiger partial charge in [0.2, 0.25) is 0 Å². The predicted molar refractivity (Wildman–Crippen MR) is 137 cm³/mol. The highest BCUT2D eigenvalue weighted by Crippen LogP contribution is 2.33. The van der Waals surface area contributed by atoms with Gasteiger partial charge in [0.25, 0.3) is 5.91 Å². The van der Waals surface area contributed by atoms with Crippen molar-refractivity contribution in [2.75, 3.05) is 25.6 Å². The highest BCUT2D eigenvalue weighted by atomic mass is 35.5. The number of hydrogen-bond acceptors (Lipinski definition) is 4. The van der Waals surface area contributed by atoms with Crippen LogP contribution in [0.5, 0.6) is 11.5 Å². The van der Waals surface area contributed by atoms with E-state index < -0.39 is 0 Å². The van der Waals surface area contributed by atoms with E-state index in [-0.39, 0.29) is 12.5 Å². The third-order valence-electron chi connectivity index (χ3n) is 5.59. The van der Waals surface area contributed by atoms with E-state index in [1.54, 1.807) is 13.2 Å². The van der Waals surface area contributed by atoms with Gasteiger partial charge in [0.15, 0.2) is 18.1 Å². The Kier molecular flexibility index (Phi) is 7.72. The van der Waals surface area contributed by atoms with Gasteiger partial charge in [0.1, 0.15) is 0 Å². The lowest BCUT2D eigenvalue weighted by Crippen LogP contribution is -2.20. The molecule has 0 radical (unpaired) electrons. The first kappa shape index (κ1) is 23.7. The summed E-state index contributed by atoms with van der Waals surface area (Å²) in [7, 11) is 1.57. The average molecular weight is 478 g/mol. The van der Waals surface area contributed by atoms with Crippen molar-refractivity contribution in [3.05, 3.63) is 88.6 Å². The van der Waals surface area contributed by atoms with Crippen molar-refractivity contribution < 1.29 is 14.3 Å². The molecule has 0 saturated carbocycles. The monoisotopic (exact) mass is 477 g/mol. The number of aromatic amines is 1. The van der Waals surface area contributed by atoms with E-state index >= 15 is 0 Å². The normalized spacial score (nSPS) is 10.9. The Bertz CT molecular complexity index is 1270. The fourth-order valence-electron chi connectivity index (χ4n) is 3.75. The quantitative estimate of drug-likeness (QED) is 0.264. The fourth-order valence-corrected chi connectivity index (χ4v) is 3.97. The Labute approximate surface area is 204 Å². The number of H-pyrrole nitrogens is 1. The topological polar surface area (TPSA) is 75.4 Å². The number of ether oxygens (including phenoxy) is 2. The maximum absolute atomic E-state index is 12.3. The molecule has 0 aliphatic heterocycles. The molecule has 176 valence electrons. The van der Waals surface area contributed by atoms with Crippen molar-refractivity contribution in [1.82, 2.24) is 10.3 Å². The van der Waals surface area contributed by atoms with E-state index in [4.69, 9.17) is 21.1 Å². The summed E-state index contributed by atoms with van der Waals surface area (Å²) in [6.07, 6.45) is 2.96. The van der Waals surface area contributed by atoms with E-state index in [2.05, 4.69) is 40.0 Å². The molecule has 7 heteroatoms. The van der Waals surface area contributed by atoms with Crippen molar-refractivity contribution in [2.24, 2.45) is 0 Å².